The minimum absolute atomic E-state index is 0.0337. The van der Waals surface area contributed by atoms with Gasteiger partial charge in [0.15, 0.2) is 11.6 Å². The first-order valence-electron chi connectivity index (χ1n) is 23.3. The molecule has 9 aromatic carbocycles. The number of benzene rings is 9. The normalized spacial score (nSPS) is 12.9. The number of hydrogen-bond acceptors (Lipinski definition) is 4. The summed E-state index contributed by atoms with van der Waals surface area (Å²) in [5, 5.41) is 6.30. The zero-order chi connectivity index (χ0) is 45.8. The van der Waals surface area contributed by atoms with Crippen LogP contribution in [0.5, 0.6) is 0 Å². The van der Waals surface area contributed by atoms with E-state index in [0.717, 1.165) is 91.7 Å². The molecule has 0 radical (unpaired) electrons. The van der Waals surface area contributed by atoms with E-state index in [0.29, 0.717) is 11.4 Å². The number of fused-ring (bicyclic) bond motifs is 9. The summed E-state index contributed by atoms with van der Waals surface area (Å²) in [6, 6.07) is 60.5. The molecule has 0 aliphatic carbocycles. The maximum Gasteiger partial charge on any atom is 0.238 e. The Balaban J connectivity index is 1.18. The van der Waals surface area contributed by atoms with Crippen LogP contribution in [0.1, 0.15) is 6.85 Å². The molecule has 4 heterocycles. The lowest BCUT2D eigenvalue weighted by molar-refractivity contribution is 0.954. The molecule has 13 aromatic rings. The minimum Gasteiger partial charge on any atom is -0.309 e. The molecular weight excluding hydrogens is 787 g/mol. The first-order chi connectivity index (χ1) is 33.3. The quantitative estimate of drug-likeness (QED) is 0.168. The van der Waals surface area contributed by atoms with Gasteiger partial charge in [-0.1, -0.05) is 176 Å². The van der Waals surface area contributed by atoms with E-state index in [-0.39, 0.29) is 17.3 Å². The van der Waals surface area contributed by atoms with Crippen molar-refractivity contribution in [3.63, 3.8) is 0 Å². The van der Waals surface area contributed by atoms with Crippen LogP contribution in [0.4, 0.5) is 0 Å². The Morgan fingerprint density at radius 2 is 0.937 bits per heavy atom. The maximum absolute atomic E-state index is 9.19. The van der Waals surface area contributed by atoms with Gasteiger partial charge < -0.3 is 4.57 Å². The molecular formula is C57H35N5S. The molecule has 6 heteroatoms. The molecule has 0 saturated carbocycles. The van der Waals surface area contributed by atoms with Crippen molar-refractivity contribution in [2.75, 3.05) is 0 Å². The molecule has 0 spiro atoms. The van der Waals surface area contributed by atoms with E-state index in [1.54, 1.807) is 11.3 Å². The van der Waals surface area contributed by atoms with Crippen molar-refractivity contribution in [2.45, 2.75) is 0 Å². The number of rotatable bonds is 6. The van der Waals surface area contributed by atoms with E-state index in [2.05, 4.69) is 144 Å². The topological polar surface area (TPSA) is 48.5 Å². The van der Waals surface area contributed by atoms with Crippen LogP contribution in [0, 0.1) is 0 Å². The summed E-state index contributed by atoms with van der Waals surface area (Å²) in [7, 11) is 0. The highest BCUT2D eigenvalue weighted by Gasteiger charge is 2.23. The van der Waals surface area contributed by atoms with E-state index in [9.17, 15) is 2.74 Å². The fraction of sp³-hybridized carbons (Fsp3) is 0. The summed E-state index contributed by atoms with van der Waals surface area (Å²) in [5.74, 6) is 0.505. The van der Waals surface area contributed by atoms with Crippen molar-refractivity contribution < 1.29 is 6.85 Å². The molecule has 5 nitrogen and oxygen atoms in total. The van der Waals surface area contributed by atoms with Crippen molar-refractivity contribution in [3.8, 4) is 56.7 Å². The van der Waals surface area contributed by atoms with Crippen molar-refractivity contribution in [2.24, 2.45) is 0 Å². The average Bonchev–Trinajstić information content (AvgIpc) is 4.05. The second kappa shape index (κ2) is 14.2. The van der Waals surface area contributed by atoms with Crippen LogP contribution in [-0.4, -0.2) is 24.1 Å². The number of nitrogens with zero attached hydrogens (tertiary/aromatic N) is 5. The van der Waals surface area contributed by atoms with Crippen LogP contribution in [0.3, 0.4) is 0 Å². The second-order valence-electron chi connectivity index (χ2n) is 15.6. The first-order valence-corrected chi connectivity index (χ1v) is 21.6. The molecule has 4 aromatic heterocycles. The zero-order valence-electron chi connectivity index (χ0n) is 38.5. The van der Waals surface area contributed by atoms with Gasteiger partial charge >= 0.3 is 0 Å². The standard InChI is InChI=1S/C57H35N5S/c1-4-17-36(18-5-1)39-31-32-45-44-25-12-15-30-51(44)62(52(45)33-39)57-59-55(38-21-8-3-9-22-38)58-56(60-57)48-35-40(61-49-28-13-10-23-42(49)43-24-11-14-29-50(43)61)34-47-46-27-16-26-41(53(46)63-54(47)48)37-19-6-2-7-20-37/h1-35H/i3D,8D,9D,21D,22D. The Bertz CT molecular complexity index is 4140. The van der Waals surface area contributed by atoms with E-state index in [4.69, 9.17) is 19.1 Å². The summed E-state index contributed by atoms with van der Waals surface area (Å²) in [6.07, 6.45) is 0. The summed E-state index contributed by atoms with van der Waals surface area (Å²) in [6.45, 7) is 0. The van der Waals surface area contributed by atoms with Crippen molar-refractivity contribution in [3.05, 3.63) is 212 Å². The summed E-state index contributed by atoms with van der Waals surface area (Å²) >= 11 is 1.67. The van der Waals surface area contributed by atoms with Crippen LogP contribution >= 0.6 is 11.3 Å². The number of thiophene rings is 1. The predicted octanol–water partition coefficient (Wildman–Crippen LogP) is 15.1. The van der Waals surface area contributed by atoms with Gasteiger partial charge in [-0.25, -0.2) is 4.98 Å². The number of aromatic nitrogens is 5. The molecule has 0 aliphatic heterocycles. The smallest absolute Gasteiger partial charge is 0.238 e. The maximum atomic E-state index is 9.19. The Morgan fingerprint density at radius 3 is 1.63 bits per heavy atom. The molecule has 13 rings (SSSR count). The lowest BCUT2D eigenvalue weighted by Gasteiger charge is -2.14. The number of para-hydroxylation sites is 3. The average molecular weight is 827 g/mol. The molecule has 63 heavy (non-hydrogen) atoms. The van der Waals surface area contributed by atoms with Crippen LogP contribution < -0.4 is 0 Å². The molecule has 0 atom stereocenters. The van der Waals surface area contributed by atoms with Gasteiger partial charge in [-0.15, -0.1) is 11.3 Å². The van der Waals surface area contributed by atoms with Crippen LogP contribution in [0.2, 0.25) is 0 Å². The molecule has 0 fully saturated rings. The Kier molecular flexibility index (Phi) is 6.94. The van der Waals surface area contributed by atoms with Gasteiger partial charge in [-0.3, -0.25) is 4.57 Å². The third kappa shape index (κ3) is 5.66. The van der Waals surface area contributed by atoms with Gasteiger partial charge in [-0.05, 0) is 58.7 Å². The van der Waals surface area contributed by atoms with E-state index in [1.165, 1.54) is 0 Å². The highest BCUT2D eigenvalue weighted by molar-refractivity contribution is 7.26. The van der Waals surface area contributed by atoms with Crippen LogP contribution in [-0.2, 0) is 0 Å². The van der Waals surface area contributed by atoms with Gasteiger partial charge in [0.2, 0.25) is 5.95 Å². The molecule has 0 amide bonds. The van der Waals surface area contributed by atoms with E-state index < -0.39 is 30.2 Å². The van der Waals surface area contributed by atoms with Crippen LogP contribution in [0.15, 0.2) is 212 Å². The zero-order valence-corrected chi connectivity index (χ0v) is 34.3. The summed E-state index contributed by atoms with van der Waals surface area (Å²) in [4.78, 5) is 15.7. The molecule has 0 unspecified atom stereocenters. The van der Waals surface area contributed by atoms with Gasteiger partial charge in [0.1, 0.15) is 0 Å². The van der Waals surface area contributed by atoms with Gasteiger partial charge in [0.25, 0.3) is 0 Å². The highest BCUT2D eigenvalue weighted by atomic mass is 32.1. The van der Waals surface area contributed by atoms with Crippen molar-refractivity contribution in [1.82, 2.24) is 24.1 Å². The molecule has 0 aliphatic rings. The third-order valence-electron chi connectivity index (χ3n) is 12.1. The highest BCUT2D eigenvalue weighted by Crippen LogP contribution is 2.46. The fourth-order valence-corrected chi connectivity index (χ4v) is 10.6. The van der Waals surface area contributed by atoms with Crippen molar-refractivity contribution >= 4 is 75.1 Å². The number of hydrogen-bond donors (Lipinski definition) is 0. The Morgan fingerprint density at radius 1 is 0.365 bits per heavy atom. The molecule has 0 bridgehead atoms. The Labute approximate surface area is 373 Å². The first kappa shape index (κ1) is 30.8. The third-order valence-corrected chi connectivity index (χ3v) is 13.4. The fourth-order valence-electron chi connectivity index (χ4n) is 9.28. The van der Waals surface area contributed by atoms with E-state index in [1.807, 2.05) is 47.0 Å². The lowest BCUT2D eigenvalue weighted by Crippen LogP contribution is -2.07. The molecule has 0 N–H and O–H groups in total. The van der Waals surface area contributed by atoms with Gasteiger partial charge in [-0.2, -0.15) is 9.97 Å². The Hall–Kier alpha value is -8.19. The molecule has 294 valence electrons. The van der Waals surface area contributed by atoms with Crippen LogP contribution in [0.25, 0.3) is 120 Å². The SMILES string of the molecule is [2H]c1c([2H])c([2H])c(-c2nc(-c3cc(-n4c5ccccc5c5ccccc54)cc4c3sc3c(-c5ccccc5)cccc34)nc(-n3c4ccccc4c4ccc(-c5ccccc5)cc43)n2)c([2H])c1[2H]. The van der Waals surface area contributed by atoms with Gasteiger partial charge in [0, 0.05) is 58.5 Å². The monoisotopic (exact) mass is 826 g/mol. The molecule has 0 saturated heterocycles. The second-order valence-corrected chi connectivity index (χ2v) is 16.6. The summed E-state index contributed by atoms with van der Waals surface area (Å²) in [5.41, 5.74) is 9.51. The summed E-state index contributed by atoms with van der Waals surface area (Å²) < 4.78 is 50.7. The van der Waals surface area contributed by atoms with E-state index >= 15 is 0 Å². The van der Waals surface area contributed by atoms with Crippen molar-refractivity contribution in [1.29, 1.82) is 0 Å². The minimum atomic E-state index is -0.492. The predicted molar refractivity (Wildman–Crippen MR) is 263 cm³/mol. The van der Waals surface area contributed by atoms with Gasteiger partial charge in [0.05, 0.1) is 28.9 Å². The largest absolute Gasteiger partial charge is 0.309 e. The lowest BCUT2D eigenvalue weighted by atomic mass is 10.0.